The lowest BCUT2D eigenvalue weighted by molar-refractivity contribution is 0.432. The molecule has 0 saturated carbocycles. The van der Waals surface area contributed by atoms with E-state index in [1.165, 1.54) is 0 Å². The van der Waals surface area contributed by atoms with Crippen LogP contribution in [0.15, 0.2) is 40.9 Å². The maximum Gasteiger partial charge on any atom is 0.260 e. The van der Waals surface area contributed by atoms with Crippen molar-refractivity contribution in [3.05, 3.63) is 52.0 Å². The number of nitrogens with zero attached hydrogens (tertiary/aromatic N) is 2. The standard InChI is InChI=1S/C15H11Cl2N3O/c1-8-3-2-4-9(5-8)14-19-15(21-20-14)11-6-10(16)7-12(17)13(11)18/h2-7H,18H2,1H3. The van der Waals surface area contributed by atoms with Crippen LogP contribution < -0.4 is 5.73 Å². The van der Waals surface area contributed by atoms with Gasteiger partial charge in [0.1, 0.15) is 0 Å². The predicted octanol–water partition coefficient (Wildman–Crippen LogP) is 4.60. The fourth-order valence-electron chi connectivity index (χ4n) is 2.00. The predicted molar refractivity (Wildman–Crippen MR) is 84.3 cm³/mol. The van der Waals surface area contributed by atoms with Crippen molar-refractivity contribution in [2.75, 3.05) is 5.73 Å². The van der Waals surface area contributed by atoms with Crippen molar-refractivity contribution in [1.29, 1.82) is 0 Å². The number of rotatable bonds is 2. The van der Waals surface area contributed by atoms with E-state index in [1.807, 2.05) is 31.2 Å². The molecule has 1 aromatic heterocycles. The van der Waals surface area contributed by atoms with Gasteiger partial charge in [0.05, 0.1) is 16.3 Å². The van der Waals surface area contributed by atoms with Gasteiger partial charge < -0.3 is 10.3 Å². The highest BCUT2D eigenvalue weighted by molar-refractivity contribution is 6.37. The number of anilines is 1. The van der Waals surface area contributed by atoms with Crippen molar-refractivity contribution in [2.24, 2.45) is 0 Å². The Morgan fingerprint density at radius 3 is 2.71 bits per heavy atom. The highest BCUT2D eigenvalue weighted by atomic mass is 35.5. The first-order valence-electron chi connectivity index (χ1n) is 6.20. The minimum absolute atomic E-state index is 0.286. The molecule has 106 valence electrons. The molecule has 0 radical (unpaired) electrons. The average Bonchev–Trinajstić information content (AvgIpc) is 2.92. The first-order valence-corrected chi connectivity index (χ1v) is 6.96. The summed E-state index contributed by atoms with van der Waals surface area (Å²) in [6, 6.07) is 11.0. The number of hydrogen-bond donors (Lipinski definition) is 1. The Labute approximate surface area is 131 Å². The zero-order valence-corrected chi connectivity index (χ0v) is 12.6. The Morgan fingerprint density at radius 1 is 1.14 bits per heavy atom. The molecule has 0 aliphatic carbocycles. The molecule has 0 saturated heterocycles. The minimum Gasteiger partial charge on any atom is -0.397 e. The third-order valence-electron chi connectivity index (χ3n) is 3.03. The van der Waals surface area contributed by atoms with Gasteiger partial charge in [0, 0.05) is 10.6 Å². The van der Waals surface area contributed by atoms with Crippen LogP contribution in [-0.4, -0.2) is 10.1 Å². The average molecular weight is 320 g/mol. The van der Waals surface area contributed by atoms with Crippen LogP contribution in [0, 0.1) is 6.92 Å². The fraction of sp³-hybridized carbons (Fsp3) is 0.0667. The lowest BCUT2D eigenvalue weighted by Gasteiger charge is -2.03. The van der Waals surface area contributed by atoms with Gasteiger partial charge in [0.15, 0.2) is 0 Å². The Bertz CT molecular complexity index is 814. The van der Waals surface area contributed by atoms with E-state index in [1.54, 1.807) is 12.1 Å². The summed E-state index contributed by atoms with van der Waals surface area (Å²) in [5.74, 6) is 0.776. The topological polar surface area (TPSA) is 64.9 Å². The van der Waals surface area contributed by atoms with E-state index in [2.05, 4.69) is 10.1 Å². The van der Waals surface area contributed by atoms with Crippen LogP contribution in [-0.2, 0) is 0 Å². The summed E-state index contributed by atoms with van der Waals surface area (Å²) >= 11 is 12.0. The number of hydrogen-bond acceptors (Lipinski definition) is 4. The van der Waals surface area contributed by atoms with E-state index in [4.69, 9.17) is 33.5 Å². The van der Waals surface area contributed by atoms with Crippen molar-refractivity contribution in [3.63, 3.8) is 0 Å². The fourth-order valence-corrected chi connectivity index (χ4v) is 2.49. The molecule has 6 heteroatoms. The van der Waals surface area contributed by atoms with E-state index in [9.17, 15) is 0 Å². The summed E-state index contributed by atoms with van der Waals surface area (Å²) < 4.78 is 5.28. The number of nitrogen functional groups attached to an aromatic ring is 1. The van der Waals surface area contributed by atoms with E-state index in [0.717, 1.165) is 11.1 Å². The molecule has 0 spiro atoms. The molecule has 0 unspecified atom stereocenters. The van der Waals surface area contributed by atoms with Crippen molar-refractivity contribution in [1.82, 2.24) is 10.1 Å². The van der Waals surface area contributed by atoms with E-state index < -0.39 is 0 Å². The van der Waals surface area contributed by atoms with Gasteiger partial charge in [0.25, 0.3) is 5.89 Å². The molecule has 0 fully saturated rings. The van der Waals surface area contributed by atoms with Gasteiger partial charge in [-0.25, -0.2) is 0 Å². The van der Waals surface area contributed by atoms with Gasteiger partial charge in [-0.05, 0) is 25.1 Å². The first kappa shape index (κ1) is 13.9. The largest absolute Gasteiger partial charge is 0.397 e. The minimum atomic E-state index is 0.286. The number of benzene rings is 2. The lowest BCUT2D eigenvalue weighted by atomic mass is 10.1. The van der Waals surface area contributed by atoms with Gasteiger partial charge in [-0.3, -0.25) is 0 Å². The Morgan fingerprint density at radius 2 is 1.95 bits per heavy atom. The van der Waals surface area contributed by atoms with Gasteiger partial charge >= 0.3 is 0 Å². The maximum atomic E-state index is 6.01. The van der Waals surface area contributed by atoms with Gasteiger partial charge in [-0.1, -0.05) is 52.1 Å². The third kappa shape index (κ3) is 2.73. The van der Waals surface area contributed by atoms with E-state index in [-0.39, 0.29) is 5.89 Å². The molecule has 0 amide bonds. The van der Waals surface area contributed by atoms with Crippen molar-refractivity contribution in [2.45, 2.75) is 6.92 Å². The van der Waals surface area contributed by atoms with Crippen LogP contribution in [0.2, 0.25) is 10.0 Å². The van der Waals surface area contributed by atoms with E-state index >= 15 is 0 Å². The van der Waals surface area contributed by atoms with Crippen LogP contribution in [0.5, 0.6) is 0 Å². The highest BCUT2D eigenvalue weighted by Gasteiger charge is 2.15. The molecule has 0 atom stereocenters. The van der Waals surface area contributed by atoms with Crippen molar-refractivity contribution in [3.8, 4) is 22.8 Å². The second-order valence-corrected chi connectivity index (χ2v) is 5.49. The number of halogens is 2. The monoisotopic (exact) mass is 319 g/mol. The molecular formula is C15H11Cl2N3O. The van der Waals surface area contributed by atoms with Crippen LogP contribution in [0.3, 0.4) is 0 Å². The molecule has 2 aromatic carbocycles. The molecule has 0 bridgehead atoms. The van der Waals surface area contributed by atoms with Crippen LogP contribution in [0.25, 0.3) is 22.8 Å². The summed E-state index contributed by atoms with van der Waals surface area (Å²) in [5, 5.41) is 4.79. The molecule has 4 nitrogen and oxygen atoms in total. The van der Waals surface area contributed by atoms with Crippen LogP contribution >= 0.6 is 23.2 Å². The Balaban J connectivity index is 2.07. The summed E-state index contributed by atoms with van der Waals surface area (Å²) in [4.78, 5) is 4.36. The zero-order valence-electron chi connectivity index (χ0n) is 11.1. The molecular weight excluding hydrogens is 309 g/mol. The van der Waals surface area contributed by atoms with E-state index in [0.29, 0.717) is 27.1 Å². The van der Waals surface area contributed by atoms with Gasteiger partial charge in [-0.2, -0.15) is 4.98 Å². The Kier molecular flexibility index (Phi) is 3.57. The maximum absolute atomic E-state index is 6.01. The first-order chi connectivity index (χ1) is 10.0. The normalized spacial score (nSPS) is 10.8. The summed E-state index contributed by atoms with van der Waals surface area (Å²) in [5.41, 5.74) is 8.81. The summed E-state index contributed by atoms with van der Waals surface area (Å²) in [6.45, 7) is 2.00. The van der Waals surface area contributed by atoms with Crippen LogP contribution in [0.1, 0.15) is 5.56 Å². The summed E-state index contributed by atoms with van der Waals surface area (Å²) in [7, 11) is 0. The van der Waals surface area contributed by atoms with Gasteiger partial charge in [0.2, 0.25) is 5.82 Å². The molecule has 2 N–H and O–H groups in total. The second-order valence-electron chi connectivity index (χ2n) is 4.64. The molecule has 0 aliphatic rings. The second kappa shape index (κ2) is 5.39. The van der Waals surface area contributed by atoms with Crippen molar-refractivity contribution < 1.29 is 4.52 Å². The quantitative estimate of drug-likeness (QED) is 0.701. The number of aryl methyl sites for hydroxylation is 1. The number of nitrogens with two attached hydrogens (primary N) is 1. The number of aromatic nitrogens is 2. The Hall–Kier alpha value is -2.04. The SMILES string of the molecule is Cc1cccc(-c2noc(-c3cc(Cl)cc(Cl)c3N)n2)c1. The molecule has 21 heavy (non-hydrogen) atoms. The lowest BCUT2D eigenvalue weighted by Crippen LogP contribution is -1.92. The molecule has 3 aromatic rings. The zero-order chi connectivity index (χ0) is 15.0. The summed E-state index contributed by atoms with van der Waals surface area (Å²) in [6.07, 6.45) is 0. The van der Waals surface area contributed by atoms with Crippen molar-refractivity contribution >= 4 is 28.9 Å². The third-order valence-corrected chi connectivity index (χ3v) is 3.56. The molecule has 0 aliphatic heterocycles. The van der Waals surface area contributed by atoms with Gasteiger partial charge in [-0.15, -0.1) is 0 Å². The molecule has 3 rings (SSSR count). The van der Waals surface area contributed by atoms with Crippen LogP contribution in [0.4, 0.5) is 5.69 Å². The highest BCUT2D eigenvalue weighted by Crippen LogP contribution is 2.34. The smallest absolute Gasteiger partial charge is 0.260 e. The molecule has 1 heterocycles.